The Hall–Kier alpha value is -4.34. The molecule has 2 fully saturated rings. The van der Waals surface area contributed by atoms with Crippen molar-refractivity contribution in [2.75, 3.05) is 42.1 Å². The molecule has 0 saturated carbocycles. The Balaban J connectivity index is 1.32. The SMILES string of the molecule is N#CC1CN(C(=O)C2CCN(c3c(F)cncc3NC(=O)c3c(N)nn4cc(F)cnc34)CC2)C1. The topological polar surface area (TPSA) is 146 Å². The number of fused-ring (bicyclic) bond motifs is 1. The Morgan fingerprint density at radius 3 is 2.63 bits per heavy atom. The molecular weight excluding hydrogens is 460 g/mol. The number of piperidine rings is 1. The van der Waals surface area contributed by atoms with Crippen LogP contribution in [0.1, 0.15) is 23.2 Å². The zero-order valence-electron chi connectivity index (χ0n) is 18.5. The molecule has 5 rings (SSSR count). The van der Waals surface area contributed by atoms with Gasteiger partial charge in [-0.3, -0.25) is 14.6 Å². The third kappa shape index (κ3) is 4.07. The molecule has 2 aliphatic rings. The number of aromatic nitrogens is 4. The molecule has 3 aromatic rings. The number of nitrogens with zero attached hydrogens (tertiary/aromatic N) is 7. The van der Waals surface area contributed by atoms with Crippen molar-refractivity contribution in [3.8, 4) is 6.07 Å². The number of hydrogen-bond donors (Lipinski definition) is 2. The van der Waals surface area contributed by atoms with E-state index < -0.39 is 17.5 Å². The van der Waals surface area contributed by atoms with Crippen LogP contribution in [-0.2, 0) is 4.79 Å². The Bertz CT molecular complexity index is 1350. The van der Waals surface area contributed by atoms with Crippen LogP contribution in [0.5, 0.6) is 0 Å². The number of nitrogen functional groups attached to an aromatic ring is 1. The molecule has 2 saturated heterocycles. The summed E-state index contributed by atoms with van der Waals surface area (Å²) in [6.45, 7) is 1.71. The molecule has 180 valence electrons. The van der Waals surface area contributed by atoms with Gasteiger partial charge in [0.1, 0.15) is 11.3 Å². The summed E-state index contributed by atoms with van der Waals surface area (Å²) in [6, 6.07) is 2.15. The van der Waals surface area contributed by atoms with Gasteiger partial charge in [0, 0.05) is 32.1 Å². The normalized spacial score (nSPS) is 16.7. The number of nitriles is 1. The number of rotatable bonds is 4. The van der Waals surface area contributed by atoms with E-state index in [1.165, 1.54) is 6.20 Å². The smallest absolute Gasteiger partial charge is 0.263 e. The summed E-state index contributed by atoms with van der Waals surface area (Å²) >= 11 is 0. The predicted molar refractivity (Wildman–Crippen MR) is 120 cm³/mol. The molecule has 11 nitrogen and oxygen atoms in total. The Morgan fingerprint density at radius 1 is 1.17 bits per heavy atom. The summed E-state index contributed by atoms with van der Waals surface area (Å²) in [5.74, 6) is -2.40. The van der Waals surface area contributed by atoms with Crippen molar-refractivity contribution < 1.29 is 18.4 Å². The molecule has 0 radical (unpaired) electrons. The van der Waals surface area contributed by atoms with Gasteiger partial charge in [-0.05, 0) is 12.8 Å². The maximum atomic E-state index is 14.9. The number of halogens is 2. The van der Waals surface area contributed by atoms with Crippen molar-refractivity contribution in [3.63, 3.8) is 0 Å². The first-order chi connectivity index (χ1) is 16.9. The zero-order chi connectivity index (χ0) is 24.7. The summed E-state index contributed by atoms with van der Waals surface area (Å²) in [5.41, 5.74) is 6.12. The number of carbonyl (C=O) groups is 2. The molecule has 5 heterocycles. The monoisotopic (exact) mass is 481 g/mol. The summed E-state index contributed by atoms with van der Waals surface area (Å²) < 4.78 is 29.4. The van der Waals surface area contributed by atoms with Gasteiger partial charge in [0.05, 0.1) is 42.5 Å². The molecule has 0 bridgehead atoms. The molecule has 0 atom stereocenters. The van der Waals surface area contributed by atoms with Crippen LogP contribution in [-0.4, -0.2) is 62.5 Å². The molecule has 3 N–H and O–H groups in total. The Morgan fingerprint density at radius 2 is 1.91 bits per heavy atom. The van der Waals surface area contributed by atoms with Crippen molar-refractivity contribution in [3.05, 3.63) is 42.0 Å². The van der Waals surface area contributed by atoms with E-state index in [4.69, 9.17) is 11.0 Å². The third-order valence-corrected chi connectivity index (χ3v) is 6.35. The molecule has 3 aromatic heterocycles. The summed E-state index contributed by atoms with van der Waals surface area (Å²) in [5, 5.41) is 15.4. The van der Waals surface area contributed by atoms with Gasteiger partial charge in [-0.1, -0.05) is 0 Å². The van der Waals surface area contributed by atoms with Gasteiger partial charge >= 0.3 is 0 Å². The van der Waals surface area contributed by atoms with Crippen molar-refractivity contribution in [2.45, 2.75) is 12.8 Å². The summed E-state index contributed by atoms with van der Waals surface area (Å²) in [4.78, 5) is 36.9. The molecular formula is C22H21F2N9O2. The standard InChI is InChI=1S/C22H21F2N9O2/c23-14-6-28-20-17(19(26)30-33(20)11-14)21(34)29-16-8-27-7-15(24)18(16)31-3-1-13(2-4-31)22(35)32-9-12(5-25)10-32/h6-8,11-13H,1-4,9-10H2,(H2,26,30)(H,29,34). The number of hydrogen-bond acceptors (Lipinski definition) is 8. The van der Waals surface area contributed by atoms with Gasteiger partial charge in [-0.2, -0.15) is 5.26 Å². The maximum Gasteiger partial charge on any atom is 0.263 e. The number of anilines is 3. The van der Waals surface area contributed by atoms with E-state index in [1.54, 1.807) is 9.80 Å². The highest BCUT2D eigenvalue weighted by Gasteiger charge is 2.36. The van der Waals surface area contributed by atoms with Gasteiger partial charge in [0.25, 0.3) is 5.91 Å². The predicted octanol–water partition coefficient (Wildman–Crippen LogP) is 1.44. The quantitative estimate of drug-likeness (QED) is 0.569. The molecule has 2 aliphatic heterocycles. The maximum absolute atomic E-state index is 14.9. The average molecular weight is 481 g/mol. The summed E-state index contributed by atoms with van der Waals surface area (Å²) in [6.07, 6.45) is 5.38. The van der Waals surface area contributed by atoms with E-state index in [0.717, 1.165) is 23.1 Å². The fraction of sp³-hybridized carbons (Fsp3) is 0.364. The van der Waals surface area contributed by atoms with Gasteiger partial charge < -0.3 is 20.9 Å². The lowest BCUT2D eigenvalue weighted by molar-refractivity contribution is -0.141. The van der Waals surface area contributed by atoms with E-state index in [1.807, 2.05) is 0 Å². The molecule has 0 aliphatic carbocycles. The highest BCUT2D eigenvalue weighted by Crippen LogP contribution is 2.33. The lowest BCUT2D eigenvalue weighted by Gasteiger charge is -2.40. The fourth-order valence-corrected chi connectivity index (χ4v) is 4.52. The zero-order valence-corrected chi connectivity index (χ0v) is 18.5. The van der Waals surface area contributed by atoms with Gasteiger partial charge in [-0.25, -0.2) is 18.3 Å². The molecule has 2 amide bonds. The van der Waals surface area contributed by atoms with Gasteiger partial charge in [-0.15, -0.1) is 5.10 Å². The minimum absolute atomic E-state index is 0.0207. The number of nitrogens with two attached hydrogens (primary N) is 1. The number of carbonyl (C=O) groups excluding carboxylic acids is 2. The largest absolute Gasteiger partial charge is 0.381 e. The van der Waals surface area contributed by atoms with Crippen molar-refractivity contribution in [1.29, 1.82) is 5.26 Å². The number of pyridine rings is 1. The van der Waals surface area contributed by atoms with Crippen LogP contribution in [0.4, 0.5) is 26.0 Å². The first-order valence-electron chi connectivity index (χ1n) is 11.0. The Labute approximate surface area is 198 Å². The van der Waals surface area contributed by atoms with Gasteiger partial charge in [0.15, 0.2) is 23.1 Å². The fourth-order valence-electron chi connectivity index (χ4n) is 4.52. The van der Waals surface area contributed by atoms with E-state index in [0.29, 0.717) is 39.0 Å². The second-order valence-electron chi connectivity index (χ2n) is 8.60. The van der Waals surface area contributed by atoms with Crippen LogP contribution in [0, 0.1) is 34.8 Å². The van der Waals surface area contributed by atoms with Crippen LogP contribution >= 0.6 is 0 Å². The van der Waals surface area contributed by atoms with Crippen molar-refractivity contribution in [2.24, 2.45) is 11.8 Å². The van der Waals surface area contributed by atoms with Crippen LogP contribution < -0.4 is 16.0 Å². The van der Waals surface area contributed by atoms with E-state index in [-0.39, 0.29) is 46.1 Å². The van der Waals surface area contributed by atoms with Crippen LogP contribution in [0.2, 0.25) is 0 Å². The van der Waals surface area contributed by atoms with E-state index in [9.17, 15) is 18.4 Å². The first kappa shape index (κ1) is 22.5. The molecule has 35 heavy (non-hydrogen) atoms. The average Bonchev–Trinajstić information content (AvgIpc) is 3.13. The summed E-state index contributed by atoms with van der Waals surface area (Å²) in [7, 11) is 0. The van der Waals surface area contributed by atoms with E-state index >= 15 is 0 Å². The third-order valence-electron chi connectivity index (χ3n) is 6.35. The second-order valence-corrected chi connectivity index (χ2v) is 8.60. The molecule has 0 spiro atoms. The van der Waals surface area contributed by atoms with Crippen LogP contribution in [0.15, 0.2) is 24.8 Å². The molecule has 13 heteroatoms. The molecule has 0 unspecified atom stereocenters. The lowest BCUT2D eigenvalue weighted by atomic mass is 9.91. The number of amides is 2. The van der Waals surface area contributed by atoms with Crippen LogP contribution in [0.25, 0.3) is 5.65 Å². The van der Waals surface area contributed by atoms with E-state index in [2.05, 4.69) is 26.5 Å². The highest BCUT2D eigenvalue weighted by molar-refractivity contribution is 6.12. The van der Waals surface area contributed by atoms with Crippen LogP contribution in [0.3, 0.4) is 0 Å². The second kappa shape index (κ2) is 8.79. The molecule has 0 aromatic carbocycles. The number of nitrogens with one attached hydrogen (secondary N) is 1. The first-order valence-corrected chi connectivity index (χ1v) is 11.0. The van der Waals surface area contributed by atoms with Crippen molar-refractivity contribution in [1.82, 2.24) is 24.5 Å². The minimum Gasteiger partial charge on any atom is -0.381 e. The Kier molecular flexibility index (Phi) is 5.64. The lowest BCUT2D eigenvalue weighted by Crippen LogP contribution is -2.53. The highest BCUT2D eigenvalue weighted by atomic mass is 19.1. The minimum atomic E-state index is -0.694. The van der Waals surface area contributed by atoms with Crippen molar-refractivity contribution >= 4 is 34.7 Å². The number of likely N-dealkylation sites (tertiary alicyclic amines) is 1. The van der Waals surface area contributed by atoms with Gasteiger partial charge in [0.2, 0.25) is 5.91 Å².